The van der Waals surface area contributed by atoms with E-state index in [9.17, 15) is 14.7 Å². The number of thiophene rings is 1. The van der Waals surface area contributed by atoms with Crippen molar-refractivity contribution in [1.82, 2.24) is 0 Å². The van der Waals surface area contributed by atoms with Crippen LogP contribution in [0.4, 0.5) is 5.69 Å². The van der Waals surface area contributed by atoms with Crippen molar-refractivity contribution < 1.29 is 14.7 Å². The second kappa shape index (κ2) is 8.03. The minimum atomic E-state index is -1.03. The number of nitrogens with two attached hydrogens (primary N) is 1. The molecule has 136 valence electrons. The molecule has 0 aromatic carbocycles. The van der Waals surface area contributed by atoms with E-state index in [0.717, 1.165) is 49.9 Å². The summed E-state index contributed by atoms with van der Waals surface area (Å²) in [4.78, 5) is 25.8. The first kappa shape index (κ1) is 19.5. The SMILES string of the molecule is CC(C)(C)C#Cc1cc(N(C=O)C2CCCC(N)CC2)c(C(=O)O)s1. The predicted molar refractivity (Wildman–Crippen MR) is 101 cm³/mol. The van der Waals surface area contributed by atoms with E-state index in [-0.39, 0.29) is 22.4 Å². The van der Waals surface area contributed by atoms with E-state index in [4.69, 9.17) is 5.73 Å². The molecule has 1 fully saturated rings. The fourth-order valence-electron chi connectivity index (χ4n) is 2.97. The number of hydrogen-bond donors (Lipinski definition) is 2. The van der Waals surface area contributed by atoms with Crippen molar-refractivity contribution in [2.24, 2.45) is 11.1 Å². The molecule has 1 aliphatic rings. The van der Waals surface area contributed by atoms with Crippen LogP contribution in [0, 0.1) is 17.3 Å². The molecule has 1 aromatic heterocycles. The zero-order valence-electron chi connectivity index (χ0n) is 15.0. The summed E-state index contributed by atoms with van der Waals surface area (Å²) in [5.41, 5.74) is 6.30. The van der Waals surface area contributed by atoms with Crippen molar-refractivity contribution in [2.45, 2.75) is 65.0 Å². The Morgan fingerprint density at radius 2 is 2.08 bits per heavy atom. The van der Waals surface area contributed by atoms with Crippen LogP contribution in [0.3, 0.4) is 0 Å². The van der Waals surface area contributed by atoms with Gasteiger partial charge in [0.2, 0.25) is 6.41 Å². The maximum Gasteiger partial charge on any atom is 0.348 e. The number of aromatic carboxylic acids is 1. The van der Waals surface area contributed by atoms with Gasteiger partial charge in [-0.3, -0.25) is 4.79 Å². The molecule has 2 unspecified atom stereocenters. The number of carbonyl (C=O) groups is 2. The third kappa shape index (κ3) is 5.32. The van der Waals surface area contributed by atoms with Gasteiger partial charge in [0.15, 0.2) is 0 Å². The quantitative estimate of drug-likeness (QED) is 0.488. The summed E-state index contributed by atoms with van der Waals surface area (Å²) >= 11 is 1.12. The van der Waals surface area contributed by atoms with Crippen LogP contribution in [0.2, 0.25) is 0 Å². The largest absolute Gasteiger partial charge is 0.477 e. The molecule has 5 nitrogen and oxygen atoms in total. The van der Waals surface area contributed by atoms with Crippen molar-refractivity contribution in [2.75, 3.05) is 4.90 Å². The number of carbonyl (C=O) groups excluding carboxylic acids is 1. The predicted octanol–water partition coefficient (Wildman–Crippen LogP) is 3.47. The normalized spacial score (nSPS) is 21.0. The summed E-state index contributed by atoms with van der Waals surface area (Å²) in [6.45, 7) is 6.00. The van der Waals surface area contributed by atoms with Gasteiger partial charge in [-0.15, -0.1) is 11.3 Å². The fraction of sp³-hybridized carbons (Fsp3) is 0.579. The van der Waals surface area contributed by atoms with E-state index < -0.39 is 5.97 Å². The monoisotopic (exact) mass is 362 g/mol. The molecule has 2 rings (SSSR count). The zero-order chi connectivity index (χ0) is 18.6. The Balaban J connectivity index is 2.36. The molecule has 0 spiro atoms. The minimum absolute atomic E-state index is 0.0119. The number of rotatable bonds is 4. The zero-order valence-corrected chi connectivity index (χ0v) is 15.9. The van der Waals surface area contributed by atoms with Gasteiger partial charge in [-0.25, -0.2) is 4.79 Å². The van der Waals surface area contributed by atoms with E-state index in [1.54, 1.807) is 11.0 Å². The van der Waals surface area contributed by atoms with Crippen molar-refractivity contribution in [3.8, 4) is 11.8 Å². The van der Waals surface area contributed by atoms with Crippen LogP contribution in [0.15, 0.2) is 6.07 Å². The standard InChI is InChI=1S/C19H26N2O3S/c1-19(2,3)10-9-15-11-16(17(25-15)18(23)24)21(12-22)14-6-4-5-13(20)7-8-14/h11-14H,4-8,20H2,1-3H3,(H,23,24). The highest BCUT2D eigenvalue weighted by Crippen LogP contribution is 2.33. The molecular weight excluding hydrogens is 336 g/mol. The second-order valence-electron chi connectivity index (χ2n) is 7.57. The van der Waals surface area contributed by atoms with Crippen LogP contribution >= 0.6 is 11.3 Å². The Hall–Kier alpha value is -1.84. The minimum Gasteiger partial charge on any atom is -0.477 e. The molecule has 1 saturated carbocycles. The third-order valence-electron chi connectivity index (χ3n) is 4.24. The van der Waals surface area contributed by atoms with Gasteiger partial charge in [-0.1, -0.05) is 11.8 Å². The first-order valence-corrected chi connectivity index (χ1v) is 9.42. The van der Waals surface area contributed by atoms with Gasteiger partial charge in [0.1, 0.15) is 4.88 Å². The van der Waals surface area contributed by atoms with Gasteiger partial charge >= 0.3 is 5.97 Å². The van der Waals surface area contributed by atoms with Crippen molar-refractivity contribution in [1.29, 1.82) is 0 Å². The lowest BCUT2D eigenvalue weighted by molar-refractivity contribution is -0.107. The van der Waals surface area contributed by atoms with E-state index in [1.807, 2.05) is 20.8 Å². The number of nitrogens with zero attached hydrogens (tertiary/aromatic N) is 1. The van der Waals surface area contributed by atoms with E-state index in [2.05, 4.69) is 11.8 Å². The molecule has 2 atom stereocenters. The lowest BCUT2D eigenvalue weighted by atomic mass is 9.98. The van der Waals surface area contributed by atoms with E-state index >= 15 is 0 Å². The molecule has 0 radical (unpaired) electrons. The highest BCUT2D eigenvalue weighted by Gasteiger charge is 2.27. The molecule has 6 heteroatoms. The van der Waals surface area contributed by atoms with Crippen LogP contribution in [0.25, 0.3) is 0 Å². The summed E-state index contributed by atoms with van der Waals surface area (Å²) in [5, 5.41) is 9.55. The Labute approximate surface area is 153 Å². The molecule has 0 saturated heterocycles. The van der Waals surface area contributed by atoms with Crippen LogP contribution in [0.1, 0.15) is 67.4 Å². The second-order valence-corrected chi connectivity index (χ2v) is 8.62. The topological polar surface area (TPSA) is 83.6 Å². The van der Waals surface area contributed by atoms with Gasteiger partial charge in [0.05, 0.1) is 10.6 Å². The van der Waals surface area contributed by atoms with Crippen molar-refractivity contribution in [3.63, 3.8) is 0 Å². The maximum absolute atomic E-state index is 11.8. The van der Waals surface area contributed by atoms with E-state index in [1.165, 1.54) is 0 Å². The molecule has 3 N–H and O–H groups in total. The van der Waals surface area contributed by atoms with Gasteiger partial charge in [-0.05, 0) is 58.9 Å². The summed E-state index contributed by atoms with van der Waals surface area (Å²) in [5.74, 6) is 5.13. The molecule has 25 heavy (non-hydrogen) atoms. The third-order valence-corrected chi connectivity index (χ3v) is 5.26. The fourth-order valence-corrected chi connectivity index (χ4v) is 3.81. The number of carboxylic acids is 1. The summed E-state index contributed by atoms with van der Waals surface area (Å²) in [6, 6.07) is 1.88. The van der Waals surface area contributed by atoms with Gasteiger partial charge < -0.3 is 15.7 Å². The smallest absolute Gasteiger partial charge is 0.348 e. The summed E-state index contributed by atoms with van der Waals surface area (Å²) in [7, 11) is 0. The molecule has 1 aliphatic carbocycles. The Morgan fingerprint density at radius 1 is 1.36 bits per heavy atom. The Kier molecular flexibility index (Phi) is 6.26. The van der Waals surface area contributed by atoms with Crippen LogP contribution < -0.4 is 10.6 Å². The lowest BCUT2D eigenvalue weighted by Gasteiger charge is -2.27. The van der Waals surface area contributed by atoms with Crippen molar-refractivity contribution >= 4 is 29.4 Å². The highest BCUT2D eigenvalue weighted by molar-refractivity contribution is 7.15. The molecule has 1 aromatic rings. The van der Waals surface area contributed by atoms with Gasteiger partial charge in [0.25, 0.3) is 0 Å². The van der Waals surface area contributed by atoms with Gasteiger partial charge in [-0.2, -0.15) is 0 Å². The van der Waals surface area contributed by atoms with Crippen LogP contribution in [-0.2, 0) is 4.79 Å². The molecule has 0 aliphatic heterocycles. The first-order chi connectivity index (χ1) is 11.7. The van der Waals surface area contributed by atoms with Crippen LogP contribution in [0.5, 0.6) is 0 Å². The Morgan fingerprint density at radius 3 is 2.68 bits per heavy atom. The number of hydrogen-bond acceptors (Lipinski definition) is 4. The molecule has 1 amide bonds. The molecule has 1 heterocycles. The highest BCUT2D eigenvalue weighted by atomic mass is 32.1. The van der Waals surface area contributed by atoms with Gasteiger partial charge in [0, 0.05) is 17.5 Å². The van der Waals surface area contributed by atoms with Crippen molar-refractivity contribution in [3.05, 3.63) is 15.8 Å². The average molecular weight is 362 g/mol. The van der Waals surface area contributed by atoms with Crippen LogP contribution in [-0.4, -0.2) is 29.6 Å². The summed E-state index contributed by atoms with van der Waals surface area (Å²) in [6.07, 6.45) is 5.11. The first-order valence-electron chi connectivity index (χ1n) is 8.61. The Bertz CT molecular complexity index is 694. The number of carboxylic acid groups (broad SMARTS) is 1. The number of anilines is 1. The lowest BCUT2D eigenvalue weighted by Crippen LogP contribution is -2.34. The maximum atomic E-state index is 11.8. The molecule has 0 bridgehead atoms. The summed E-state index contributed by atoms with van der Waals surface area (Å²) < 4.78 is 0. The number of amides is 1. The molecular formula is C19H26N2O3S. The van der Waals surface area contributed by atoms with E-state index in [0.29, 0.717) is 10.6 Å². The average Bonchev–Trinajstić information content (AvgIpc) is 2.83.